The second-order valence-corrected chi connectivity index (χ2v) is 3.15. The Kier molecular flexibility index (Phi) is 2.87. The van der Waals surface area contributed by atoms with Crippen molar-refractivity contribution in [2.75, 3.05) is 7.11 Å². The van der Waals surface area contributed by atoms with E-state index in [1.807, 2.05) is 13.8 Å². The molecule has 0 amide bonds. The second-order valence-electron chi connectivity index (χ2n) is 3.15. The van der Waals surface area contributed by atoms with E-state index in [0.717, 1.165) is 6.42 Å². The van der Waals surface area contributed by atoms with E-state index in [4.69, 9.17) is 9.47 Å². The third-order valence-corrected chi connectivity index (χ3v) is 2.18. The van der Waals surface area contributed by atoms with Crippen LogP contribution in [0.4, 0.5) is 0 Å². The highest BCUT2D eigenvalue weighted by Gasteiger charge is 2.33. The first-order valence-corrected chi connectivity index (χ1v) is 4.01. The normalized spacial score (nSPS) is 45.8. The monoisotopic (exact) mass is 160 g/mol. The Bertz CT molecular complexity index is 127. The van der Waals surface area contributed by atoms with Gasteiger partial charge in [0.1, 0.15) is 6.10 Å². The molecule has 1 heterocycles. The van der Waals surface area contributed by atoms with Crippen LogP contribution in [-0.2, 0) is 9.47 Å². The summed E-state index contributed by atoms with van der Waals surface area (Å²) in [5.41, 5.74) is 0. The van der Waals surface area contributed by atoms with Crippen molar-refractivity contribution >= 4 is 0 Å². The molecule has 1 saturated heterocycles. The van der Waals surface area contributed by atoms with E-state index >= 15 is 0 Å². The van der Waals surface area contributed by atoms with Crippen LogP contribution >= 0.6 is 0 Å². The van der Waals surface area contributed by atoms with Crippen molar-refractivity contribution < 1.29 is 14.6 Å². The predicted molar refractivity (Wildman–Crippen MR) is 41.4 cm³/mol. The molecule has 0 aromatic rings. The quantitative estimate of drug-likeness (QED) is 0.609. The number of methoxy groups -OCH3 is 1. The molecule has 3 unspecified atom stereocenters. The van der Waals surface area contributed by atoms with Gasteiger partial charge in [-0.3, -0.25) is 0 Å². The van der Waals surface area contributed by atoms with Crippen LogP contribution < -0.4 is 0 Å². The summed E-state index contributed by atoms with van der Waals surface area (Å²) in [5, 5.41) is 9.51. The molecule has 11 heavy (non-hydrogen) atoms. The van der Waals surface area contributed by atoms with Crippen LogP contribution in [0.5, 0.6) is 0 Å². The highest BCUT2D eigenvalue weighted by molar-refractivity contribution is 4.82. The topological polar surface area (TPSA) is 38.7 Å². The van der Waals surface area contributed by atoms with E-state index in [2.05, 4.69) is 0 Å². The molecule has 0 spiro atoms. The zero-order valence-electron chi connectivity index (χ0n) is 7.28. The molecule has 1 aliphatic rings. The van der Waals surface area contributed by atoms with Crippen molar-refractivity contribution in [1.29, 1.82) is 0 Å². The number of hydrogen-bond acceptors (Lipinski definition) is 3. The minimum absolute atomic E-state index is 0.0613. The number of rotatable bonds is 1. The van der Waals surface area contributed by atoms with E-state index in [-0.39, 0.29) is 18.3 Å². The fourth-order valence-electron chi connectivity index (χ4n) is 1.51. The van der Waals surface area contributed by atoms with Gasteiger partial charge in [-0.25, -0.2) is 0 Å². The van der Waals surface area contributed by atoms with Gasteiger partial charge in [-0.05, 0) is 13.8 Å². The molecular weight excluding hydrogens is 144 g/mol. The highest BCUT2D eigenvalue weighted by Crippen LogP contribution is 2.21. The molecule has 4 atom stereocenters. The SMILES string of the molecule is COC1CC(C)OC(C)[C@@H]1O. The van der Waals surface area contributed by atoms with Gasteiger partial charge in [0.05, 0.1) is 18.3 Å². The van der Waals surface area contributed by atoms with Crippen LogP contribution in [0, 0.1) is 0 Å². The summed E-state index contributed by atoms with van der Waals surface area (Å²) < 4.78 is 10.5. The maximum absolute atomic E-state index is 9.51. The molecule has 3 nitrogen and oxygen atoms in total. The largest absolute Gasteiger partial charge is 0.388 e. The second kappa shape index (κ2) is 3.52. The minimum atomic E-state index is -0.476. The number of hydrogen-bond donors (Lipinski definition) is 1. The maximum Gasteiger partial charge on any atom is 0.106 e. The van der Waals surface area contributed by atoms with Gasteiger partial charge in [0.25, 0.3) is 0 Å². The first-order valence-electron chi connectivity index (χ1n) is 4.01. The Hall–Kier alpha value is -0.120. The molecule has 1 fully saturated rings. The van der Waals surface area contributed by atoms with Gasteiger partial charge in [-0.2, -0.15) is 0 Å². The zero-order chi connectivity index (χ0) is 8.43. The van der Waals surface area contributed by atoms with Crippen molar-refractivity contribution in [3.05, 3.63) is 0 Å². The van der Waals surface area contributed by atoms with Crippen LogP contribution in [0.25, 0.3) is 0 Å². The summed E-state index contributed by atoms with van der Waals surface area (Å²) in [7, 11) is 1.62. The lowest BCUT2D eigenvalue weighted by atomic mass is 9.99. The zero-order valence-corrected chi connectivity index (χ0v) is 7.28. The van der Waals surface area contributed by atoms with Crippen LogP contribution in [0.2, 0.25) is 0 Å². The van der Waals surface area contributed by atoms with Crippen LogP contribution in [0.3, 0.4) is 0 Å². The van der Waals surface area contributed by atoms with Crippen LogP contribution in [-0.4, -0.2) is 36.6 Å². The number of ether oxygens (including phenoxy) is 2. The molecule has 0 aromatic heterocycles. The smallest absolute Gasteiger partial charge is 0.106 e. The average molecular weight is 160 g/mol. The molecular formula is C8H16O3. The van der Waals surface area contributed by atoms with Gasteiger partial charge >= 0.3 is 0 Å². The summed E-state index contributed by atoms with van der Waals surface area (Å²) in [4.78, 5) is 0. The lowest BCUT2D eigenvalue weighted by Gasteiger charge is -2.35. The van der Waals surface area contributed by atoms with Crippen molar-refractivity contribution in [2.24, 2.45) is 0 Å². The molecule has 0 aliphatic carbocycles. The van der Waals surface area contributed by atoms with E-state index in [0.29, 0.717) is 0 Å². The molecule has 0 saturated carbocycles. The van der Waals surface area contributed by atoms with Crippen molar-refractivity contribution in [3.8, 4) is 0 Å². The van der Waals surface area contributed by atoms with E-state index < -0.39 is 6.10 Å². The molecule has 0 radical (unpaired) electrons. The molecule has 1 rings (SSSR count). The van der Waals surface area contributed by atoms with E-state index in [9.17, 15) is 5.11 Å². The van der Waals surface area contributed by atoms with Crippen LogP contribution in [0.1, 0.15) is 20.3 Å². The summed E-state index contributed by atoms with van der Waals surface area (Å²) in [6, 6.07) is 0. The first kappa shape index (κ1) is 8.97. The first-order chi connectivity index (χ1) is 5.15. The van der Waals surface area contributed by atoms with Gasteiger partial charge in [-0.15, -0.1) is 0 Å². The van der Waals surface area contributed by atoms with Gasteiger partial charge in [-0.1, -0.05) is 0 Å². The molecule has 0 bridgehead atoms. The Balaban J connectivity index is 2.51. The summed E-state index contributed by atoms with van der Waals surface area (Å²) in [6.07, 6.45) is 0.328. The maximum atomic E-state index is 9.51. The standard InChI is InChI=1S/C8H16O3/c1-5-4-7(10-3)8(9)6(2)11-5/h5-9H,4H2,1-3H3/t5?,6?,7?,8-/m0/s1. The van der Waals surface area contributed by atoms with Crippen molar-refractivity contribution in [2.45, 2.75) is 44.7 Å². The molecule has 3 heteroatoms. The van der Waals surface area contributed by atoms with E-state index in [1.165, 1.54) is 0 Å². The molecule has 66 valence electrons. The molecule has 1 N–H and O–H groups in total. The Morgan fingerprint density at radius 2 is 2.09 bits per heavy atom. The van der Waals surface area contributed by atoms with E-state index in [1.54, 1.807) is 7.11 Å². The molecule has 1 aliphatic heterocycles. The lowest BCUT2D eigenvalue weighted by Crippen LogP contribution is -2.46. The van der Waals surface area contributed by atoms with Gasteiger partial charge in [0.15, 0.2) is 0 Å². The van der Waals surface area contributed by atoms with Crippen molar-refractivity contribution in [3.63, 3.8) is 0 Å². The van der Waals surface area contributed by atoms with Gasteiger partial charge in [0.2, 0.25) is 0 Å². The lowest BCUT2D eigenvalue weighted by molar-refractivity contribution is -0.165. The summed E-state index contributed by atoms with van der Waals surface area (Å²) in [6.45, 7) is 3.86. The summed E-state index contributed by atoms with van der Waals surface area (Å²) >= 11 is 0. The van der Waals surface area contributed by atoms with Crippen LogP contribution in [0.15, 0.2) is 0 Å². The third-order valence-electron chi connectivity index (χ3n) is 2.18. The fraction of sp³-hybridized carbons (Fsp3) is 1.00. The third kappa shape index (κ3) is 1.92. The Morgan fingerprint density at radius 1 is 1.45 bits per heavy atom. The molecule has 0 aromatic carbocycles. The number of aliphatic hydroxyl groups excluding tert-OH is 1. The average Bonchev–Trinajstić information content (AvgIpc) is 1.96. The fourth-order valence-corrected chi connectivity index (χ4v) is 1.51. The highest BCUT2D eigenvalue weighted by atomic mass is 16.5. The Labute approximate surface area is 67.3 Å². The van der Waals surface area contributed by atoms with Gasteiger partial charge < -0.3 is 14.6 Å². The summed E-state index contributed by atoms with van der Waals surface area (Å²) in [5.74, 6) is 0. The number of aliphatic hydroxyl groups is 1. The van der Waals surface area contributed by atoms with Crippen molar-refractivity contribution in [1.82, 2.24) is 0 Å². The van der Waals surface area contributed by atoms with Gasteiger partial charge in [0, 0.05) is 13.5 Å². The Morgan fingerprint density at radius 3 is 2.64 bits per heavy atom. The minimum Gasteiger partial charge on any atom is -0.388 e. The predicted octanol–water partition coefficient (Wildman–Crippen LogP) is 0.560.